The van der Waals surface area contributed by atoms with Crippen LogP contribution < -0.4 is 5.56 Å². The Morgan fingerprint density at radius 1 is 1.20 bits per heavy atom. The van der Waals surface area contributed by atoms with Crippen molar-refractivity contribution in [1.82, 2.24) is 9.38 Å². The van der Waals surface area contributed by atoms with Crippen LogP contribution in [-0.2, 0) is 4.74 Å². The largest absolute Gasteiger partial charge is 0.462 e. The van der Waals surface area contributed by atoms with Gasteiger partial charge in [0.1, 0.15) is 11.2 Å². The van der Waals surface area contributed by atoms with Crippen molar-refractivity contribution >= 4 is 45.0 Å². The van der Waals surface area contributed by atoms with E-state index in [1.807, 2.05) is 25.1 Å². The number of carbonyl (C=O) groups is 1. The van der Waals surface area contributed by atoms with Gasteiger partial charge in [-0.1, -0.05) is 23.7 Å². The van der Waals surface area contributed by atoms with Crippen LogP contribution >= 0.6 is 11.6 Å². The molecule has 25 heavy (non-hydrogen) atoms. The maximum absolute atomic E-state index is 13.1. The Morgan fingerprint density at radius 2 is 2.00 bits per heavy atom. The second-order valence-corrected chi connectivity index (χ2v) is 6.36. The summed E-state index contributed by atoms with van der Waals surface area (Å²) in [7, 11) is 0. The van der Waals surface area contributed by atoms with E-state index in [1.54, 1.807) is 25.1 Å². The number of nitrogens with one attached hydrogen (secondary N) is 1. The highest BCUT2D eigenvalue weighted by Gasteiger charge is 2.22. The maximum Gasteiger partial charge on any atom is 0.342 e. The average Bonchev–Trinajstić information content (AvgIpc) is 2.94. The molecular formula is C19H15ClN2O3. The van der Waals surface area contributed by atoms with E-state index in [-0.39, 0.29) is 12.2 Å². The number of aromatic nitrogens is 2. The molecule has 5 nitrogen and oxygen atoms in total. The van der Waals surface area contributed by atoms with E-state index in [0.29, 0.717) is 32.5 Å². The van der Waals surface area contributed by atoms with Gasteiger partial charge in [-0.05, 0) is 43.7 Å². The summed E-state index contributed by atoms with van der Waals surface area (Å²) in [6, 6.07) is 10.7. The van der Waals surface area contributed by atoms with Gasteiger partial charge in [-0.15, -0.1) is 0 Å². The van der Waals surface area contributed by atoms with Crippen LogP contribution in [0.3, 0.4) is 0 Å². The number of ether oxygens (including phenoxy) is 1. The zero-order chi connectivity index (χ0) is 17.7. The highest BCUT2D eigenvalue weighted by molar-refractivity contribution is 6.31. The Bertz CT molecular complexity index is 1220. The molecule has 0 aliphatic rings. The first kappa shape index (κ1) is 15.7. The maximum atomic E-state index is 13.1. The molecule has 2 aromatic carbocycles. The summed E-state index contributed by atoms with van der Waals surface area (Å²) in [5.41, 5.74) is 3.08. The van der Waals surface area contributed by atoms with E-state index >= 15 is 0 Å². The molecule has 126 valence electrons. The zero-order valence-electron chi connectivity index (χ0n) is 13.7. The zero-order valence-corrected chi connectivity index (χ0v) is 14.5. The van der Waals surface area contributed by atoms with E-state index < -0.39 is 5.97 Å². The van der Waals surface area contributed by atoms with Crippen LogP contribution in [0.15, 0.2) is 41.2 Å². The predicted octanol–water partition coefficient (Wildman–Crippen LogP) is 4.07. The van der Waals surface area contributed by atoms with Crippen LogP contribution in [0.1, 0.15) is 22.8 Å². The number of pyridine rings is 1. The van der Waals surface area contributed by atoms with E-state index in [4.69, 9.17) is 16.3 Å². The van der Waals surface area contributed by atoms with E-state index in [9.17, 15) is 9.59 Å². The van der Waals surface area contributed by atoms with Crippen molar-refractivity contribution in [2.45, 2.75) is 13.8 Å². The summed E-state index contributed by atoms with van der Waals surface area (Å²) in [6.07, 6.45) is 0. The quantitative estimate of drug-likeness (QED) is 0.552. The first-order valence-electron chi connectivity index (χ1n) is 7.94. The summed E-state index contributed by atoms with van der Waals surface area (Å²) in [5, 5.41) is 1.35. The molecule has 6 heteroatoms. The Morgan fingerprint density at radius 3 is 2.76 bits per heavy atom. The number of hydrogen-bond acceptors (Lipinski definition) is 3. The minimum absolute atomic E-state index is 0.226. The number of H-pyrrole nitrogens is 1. The van der Waals surface area contributed by atoms with Crippen molar-refractivity contribution in [1.29, 1.82) is 0 Å². The topological polar surface area (TPSA) is 63.6 Å². The number of esters is 1. The number of hydrogen-bond donors (Lipinski definition) is 1. The summed E-state index contributed by atoms with van der Waals surface area (Å²) in [5.74, 6) is -0.476. The normalized spacial score (nSPS) is 11.5. The molecule has 2 heterocycles. The molecule has 0 bridgehead atoms. The van der Waals surface area contributed by atoms with Gasteiger partial charge in [0.15, 0.2) is 0 Å². The van der Waals surface area contributed by atoms with Crippen LogP contribution in [0, 0.1) is 6.92 Å². The van der Waals surface area contributed by atoms with Crippen molar-refractivity contribution < 1.29 is 9.53 Å². The molecule has 0 atom stereocenters. The molecular weight excluding hydrogens is 340 g/mol. The van der Waals surface area contributed by atoms with Crippen LogP contribution in [0.2, 0.25) is 5.02 Å². The van der Waals surface area contributed by atoms with Gasteiger partial charge in [-0.2, -0.15) is 0 Å². The minimum Gasteiger partial charge on any atom is -0.462 e. The molecule has 1 N–H and O–H groups in total. The number of halogens is 1. The SMILES string of the molecule is CCOC(=O)c1c2ccc(Cl)cc2c(=O)n2c1[nH]c1cc(C)ccc12. The Hall–Kier alpha value is -2.79. The fraction of sp³-hybridized carbons (Fsp3) is 0.158. The molecule has 0 saturated heterocycles. The second-order valence-electron chi connectivity index (χ2n) is 5.92. The Balaban J connectivity index is 2.28. The molecule has 4 aromatic rings. The molecule has 0 radical (unpaired) electrons. The Labute approximate surface area is 147 Å². The summed E-state index contributed by atoms with van der Waals surface area (Å²) < 4.78 is 6.74. The number of aromatic amines is 1. The van der Waals surface area contributed by atoms with E-state index in [1.165, 1.54) is 4.40 Å². The number of imidazole rings is 1. The molecule has 0 unspecified atom stereocenters. The third kappa shape index (κ3) is 2.31. The van der Waals surface area contributed by atoms with Gasteiger partial charge in [-0.3, -0.25) is 9.20 Å². The molecule has 0 amide bonds. The molecule has 0 aliphatic heterocycles. The fourth-order valence-electron chi connectivity index (χ4n) is 3.20. The lowest BCUT2D eigenvalue weighted by Crippen LogP contribution is -2.18. The van der Waals surface area contributed by atoms with Gasteiger partial charge in [0, 0.05) is 10.4 Å². The minimum atomic E-state index is -0.476. The van der Waals surface area contributed by atoms with Gasteiger partial charge in [-0.25, -0.2) is 4.79 Å². The standard InChI is InChI=1S/C19H15ClN2O3/c1-3-25-19(24)16-12-6-5-11(20)9-13(12)18(23)22-15-7-4-10(2)8-14(15)21-17(16)22/h4-9,21H,3H2,1-2H3. The number of nitrogens with zero attached hydrogens (tertiary/aromatic N) is 1. The molecule has 0 spiro atoms. The average molecular weight is 355 g/mol. The van der Waals surface area contributed by atoms with Crippen molar-refractivity contribution in [3.8, 4) is 0 Å². The molecule has 0 saturated carbocycles. The van der Waals surface area contributed by atoms with Crippen LogP contribution in [0.5, 0.6) is 0 Å². The van der Waals surface area contributed by atoms with Gasteiger partial charge in [0.05, 0.1) is 23.0 Å². The lowest BCUT2D eigenvalue weighted by atomic mass is 10.1. The third-order valence-corrected chi connectivity index (χ3v) is 4.51. The second kappa shape index (κ2) is 5.63. The number of rotatable bonds is 2. The first-order chi connectivity index (χ1) is 12.0. The van der Waals surface area contributed by atoms with Gasteiger partial charge >= 0.3 is 5.97 Å². The van der Waals surface area contributed by atoms with Crippen molar-refractivity contribution in [2.75, 3.05) is 6.61 Å². The highest BCUT2D eigenvalue weighted by atomic mass is 35.5. The highest BCUT2D eigenvalue weighted by Crippen LogP contribution is 2.27. The monoisotopic (exact) mass is 354 g/mol. The third-order valence-electron chi connectivity index (χ3n) is 4.27. The Kier molecular flexibility index (Phi) is 3.54. The fourth-order valence-corrected chi connectivity index (χ4v) is 3.38. The predicted molar refractivity (Wildman–Crippen MR) is 98.7 cm³/mol. The summed E-state index contributed by atoms with van der Waals surface area (Å²) in [6.45, 7) is 3.96. The van der Waals surface area contributed by atoms with E-state index in [0.717, 1.165) is 11.1 Å². The van der Waals surface area contributed by atoms with Crippen molar-refractivity contribution in [3.05, 3.63) is 62.9 Å². The van der Waals surface area contributed by atoms with Crippen molar-refractivity contribution in [3.63, 3.8) is 0 Å². The number of fused-ring (bicyclic) bond motifs is 4. The number of carbonyl (C=O) groups excluding carboxylic acids is 1. The number of benzene rings is 2. The van der Waals surface area contributed by atoms with E-state index in [2.05, 4.69) is 4.98 Å². The molecule has 0 fully saturated rings. The summed E-state index contributed by atoms with van der Waals surface area (Å²) >= 11 is 6.08. The summed E-state index contributed by atoms with van der Waals surface area (Å²) in [4.78, 5) is 28.9. The molecule has 2 aromatic heterocycles. The van der Waals surface area contributed by atoms with Crippen LogP contribution in [0.25, 0.3) is 27.5 Å². The van der Waals surface area contributed by atoms with Crippen LogP contribution in [-0.4, -0.2) is 22.0 Å². The van der Waals surface area contributed by atoms with Gasteiger partial charge in [0.2, 0.25) is 0 Å². The lowest BCUT2D eigenvalue weighted by molar-refractivity contribution is 0.0530. The van der Waals surface area contributed by atoms with Gasteiger partial charge in [0.25, 0.3) is 5.56 Å². The molecule has 4 rings (SSSR count). The smallest absolute Gasteiger partial charge is 0.342 e. The first-order valence-corrected chi connectivity index (χ1v) is 8.32. The van der Waals surface area contributed by atoms with Crippen LogP contribution in [0.4, 0.5) is 0 Å². The van der Waals surface area contributed by atoms with Crippen molar-refractivity contribution in [2.24, 2.45) is 0 Å². The molecule has 0 aliphatic carbocycles. The van der Waals surface area contributed by atoms with Gasteiger partial charge < -0.3 is 9.72 Å². The lowest BCUT2D eigenvalue weighted by Gasteiger charge is -2.09. The number of aryl methyl sites for hydroxylation is 1.